The fraction of sp³-hybridized carbons (Fsp3) is 0.400. The van der Waals surface area contributed by atoms with Crippen LogP contribution in [0.2, 0.25) is 0 Å². The van der Waals surface area contributed by atoms with Crippen molar-refractivity contribution in [2.45, 2.75) is 32.3 Å². The number of hydrogen-bond acceptors (Lipinski definition) is 3. The van der Waals surface area contributed by atoms with E-state index in [4.69, 9.17) is 10.5 Å². The van der Waals surface area contributed by atoms with Crippen LogP contribution in [0.3, 0.4) is 0 Å². The van der Waals surface area contributed by atoms with Crippen LogP contribution in [0.5, 0.6) is 5.75 Å². The zero-order valence-electron chi connectivity index (χ0n) is 14.3. The number of fused-ring (bicyclic) bond motifs is 1. The molecule has 0 aliphatic carbocycles. The van der Waals surface area contributed by atoms with E-state index in [1.165, 1.54) is 11.1 Å². The molecule has 0 fully saturated rings. The van der Waals surface area contributed by atoms with E-state index in [2.05, 4.69) is 68.1 Å². The van der Waals surface area contributed by atoms with E-state index in [1.54, 1.807) is 0 Å². The molecule has 2 aromatic carbocycles. The normalized spacial score (nSPS) is 17.6. The monoisotopic (exact) mass is 310 g/mol. The average Bonchev–Trinajstić information content (AvgIpc) is 2.54. The summed E-state index contributed by atoms with van der Waals surface area (Å²) < 4.78 is 6.28. The number of ether oxygens (including phenoxy) is 1. The maximum Gasteiger partial charge on any atom is 0.143 e. The first-order chi connectivity index (χ1) is 11.0. The molecule has 0 aromatic heterocycles. The van der Waals surface area contributed by atoms with Crippen molar-refractivity contribution in [1.29, 1.82) is 0 Å². The molecule has 23 heavy (non-hydrogen) atoms. The first-order valence-electron chi connectivity index (χ1n) is 8.30. The van der Waals surface area contributed by atoms with Crippen LogP contribution in [0, 0.1) is 0 Å². The van der Waals surface area contributed by atoms with Gasteiger partial charge in [0.15, 0.2) is 0 Å². The second-order valence-electron chi connectivity index (χ2n) is 7.18. The van der Waals surface area contributed by atoms with Gasteiger partial charge in [-0.25, -0.2) is 0 Å². The number of nitrogens with two attached hydrogens (primary N) is 1. The molecule has 2 N–H and O–H groups in total. The summed E-state index contributed by atoms with van der Waals surface area (Å²) in [5.41, 5.74) is 9.66. The third-order valence-electron chi connectivity index (χ3n) is 4.39. The minimum Gasteiger partial charge on any atom is -0.482 e. The molecule has 3 nitrogen and oxygen atoms in total. The molecule has 2 aromatic rings. The third kappa shape index (κ3) is 3.35. The molecule has 3 heteroatoms. The van der Waals surface area contributed by atoms with Crippen LogP contribution in [0.15, 0.2) is 48.5 Å². The summed E-state index contributed by atoms with van der Waals surface area (Å²) in [5.74, 6) is 0.951. The summed E-state index contributed by atoms with van der Waals surface area (Å²) in [7, 11) is 0. The smallest absolute Gasteiger partial charge is 0.143 e. The first-order valence-corrected chi connectivity index (χ1v) is 8.30. The highest BCUT2D eigenvalue weighted by molar-refractivity contribution is 5.63. The zero-order chi connectivity index (χ0) is 16.4. The number of benzene rings is 2. The Kier molecular flexibility index (Phi) is 4.31. The predicted molar refractivity (Wildman–Crippen MR) is 96.2 cm³/mol. The molecule has 1 aliphatic rings. The standard InChI is InChI=1S/C20H26N2O/c1-20(2,3)16-9-10-18-17(13-16)22(12-11-21)14-19(23-18)15-7-5-4-6-8-15/h4-10,13,19H,11-12,14,21H2,1-3H3. The van der Waals surface area contributed by atoms with Crippen LogP contribution in [0.25, 0.3) is 0 Å². The van der Waals surface area contributed by atoms with Crippen molar-refractivity contribution in [2.24, 2.45) is 5.73 Å². The van der Waals surface area contributed by atoms with Crippen LogP contribution in [-0.2, 0) is 5.41 Å². The summed E-state index contributed by atoms with van der Waals surface area (Å²) in [6.07, 6.45) is 0.0516. The number of nitrogens with zero attached hydrogens (tertiary/aromatic N) is 1. The van der Waals surface area contributed by atoms with Crippen molar-refractivity contribution >= 4 is 5.69 Å². The van der Waals surface area contributed by atoms with Crippen molar-refractivity contribution in [3.8, 4) is 5.75 Å². The maximum atomic E-state index is 6.28. The van der Waals surface area contributed by atoms with Gasteiger partial charge in [0.25, 0.3) is 0 Å². The van der Waals surface area contributed by atoms with Crippen molar-refractivity contribution in [1.82, 2.24) is 0 Å². The Bertz CT molecular complexity index is 661. The summed E-state index contributed by atoms with van der Waals surface area (Å²) in [6.45, 7) is 9.02. The highest BCUT2D eigenvalue weighted by atomic mass is 16.5. The van der Waals surface area contributed by atoms with Crippen LogP contribution < -0.4 is 15.4 Å². The number of rotatable bonds is 3. The van der Waals surface area contributed by atoms with E-state index in [0.717, 1.165) is 24.5 Å². The highest BCUT2D eigenvalue weighted by Crippen LogP contribution is 2.40. The molecule has 1 atom stereocenters. The van der Waals surface area contributed by atoms with E-state index in [-0.39, 0.29) is 11.5 Å². The number of hydrogen-bond donors (Lipinski definition) is 1. The molecule has 1 heterocycles. The molecule has 1 unspecified atom stereocenters. The Morgan fingerprint density at radius 1 is 1.13 bits per heavy atom. The summed E-state index contributed by atoms with van der Waals surface area (Å²) in [5, 5.41) is 0. The number of anilines is 1. The largest absolute Gasteiger partial charge is 0.482 e. The van der Waals surface area contributed by atoms with Crippen molar-refractivity contribution in [3.63, 3.8) is 0 Å². The van der Waals surface area contributed by atoms with Crippen LogP contribution in [0.1, 0.15) is 38.0 Å². The van der Waals surface area contributed by atoms with Gasteiger partial charge in [0, 0.05) is 13.1 Å². The van der Waals surface area contributed by atoms with Crippen LogP contribution >= 0.6 is 0 Å². The van der Waals surface area contributed by atoms with Gasteiger partial charge in [-0.15, -0.1) is 0 Å². The Hall–Kier alpha value is -2.00. The van der Waals surface area contributed by atoms with E-state index in [9.17, 15) is 0 Å². The maximum absolute atomic E-state index is 6.28. The fourth-order valence-corrected chi connectivity index (χ4v) is 3.03. The van der Waals surface area contributed by atoms with E-state index >= 15 is 0 Å². The lowest BCUT2D eigenvalue weighted by molar-refractivity contribution is 0.197. The van der Waals surface area contributed by atoms with Gasteiger partial charge in [-0.2, -0.15) is 0 Å². The van der Waals surface area contributed by atoms with Gasteiger partial charge in [-0.3, -0.25) is 0 Å². The van der Waals surface area contributed by atoms with Gasteiger partial charge in [-0.05, 0) is 28.7 Å². The molecule has 1 aliphatic heterocycles. The quantitative estimate of drug-likeness (QED) is 0.935. The molecule has 122 valence electrons. The van der Waals surface area contributed by atoms with Gasteiger partial charge in [0.2, 0.25) is 0 Å². The van der Waals surface area contributed by atoms with Crippen LogP contribution in [0.4, 0.5) is 5.69 Å². The van der Waals surface area contributed by atoms with Crippen molar-refractivity contribution < 1.29 is 4.74 Å². The Balaban J connectivity index is 1.97. The second-order valence-corrected chi connectivity index (χ2v) is 7.18. The minimum absolute atomic E-state index is 0.0516. The third-order valence-corrected chi connectivity index (χ3v) is 4.39. The minimum atomic E-state index is 0.0516. The predicted octanol–water partition coefficient (Wildman–Crippen LogP) is 3.88. The fourth-order valence-electron chi connectivity index (χ4n) is 3.03. The molecule has 0 radical (unpaired) electrons. The van der Waals surface area contributed by atoms with Gasteiger partial charge >= 0.3 is 0 Å². The highest BCUT2D eigenvalue weighted by Gasteiger charge is 2.28. The van der Waals surface area contributed by atoms with E-state index in [0.29, 0.717) is 6.54 Å². The molecular weight excluding hydrogens is 284 g/mol. The van der Waals surface area contributed by atoms with Gasteiger partial charge in [0.05, 0.1) is 12.2 Å². The Morgan fingerprint density at radius 3 is 2.52 bits per heavy atom. The lowest BCUT2D eigenvalue weighted by atomic mass is 9.86. The second kappa shape index (κ2) is 6.25. The molecule has 0 bridgehead atoms. The molecule has 0 spiro atoms. The Morgan fingerprint density at radius 2 is 1.87 bits per heavy atom. The average molecular weight is 310 g/mol. The Labute approximate surface area is 139 Å². The van der Waals surface area contributed by atoms with Crippen molar-refractivity contribution in [2.75, 3.05) is 24.5 Å². The van der Waals surface area contributed by atoms with Crippen molar-refractivity contribution in [3.05, 3.63) is 59.7 Å². The van der Waals surface area contributed by atoms with Gasteiger partial charge < -0.3 is 15.4 Å². The molecular formula is C20H26N2O. The zero-order valence-corrected chi connectivity index (χ0v) is 14.3. The summed E-state index contributed by atoms with van der Waals surface area (Å²) in [6, 6.07) is 16.9. The lowest BCUT2D eigenvalue weighted by Gasteiger charge is -2.37. The van der Waals surface area contributed by atoms with Gasteiger partial charge in [0.1, 0.15) is 11.9 Å². The molecule has 0 saturated carbocycles. The lowest BCUT2D eigenvalue weighted by Crippen LogP contribution is -2.38. The molecule has 0 amide bonds. The van der Waals surface area contributed by atoms with Gasteiger partial charge in [-0.1, -0.05) is 57.2 Å². The summed E-state index contributed by atoms with van der Waals surface area (Å²) >= 11 is 0. The first kappa shape index (κ1) is 15.9. The molecule has 0 saturated heterocycles. The van der Waals surface area contributed by atoms with E-state index < -0.39 is 0 Å². The molecule has 3 rings (SSSR count). The summed E-state index contributed by atoms with van der Waals surface area (Å²) in [4.78, 5) is 2.35. The topological polar surface area (TPSA) is 38.5 Å². The van der Waals surface area contributed by atoms with Crippen LogP contribution in [-0.4, -0.2) is 19.6 Å². The van der Waals surface area contributed by atoms with E-state index in [1.807, 2.05) is 6.07 Å². The SMILES string of the molecule is CC(C)(C)c1ccc2c(c1)N(CCN)CC(c1ccccc1)O2.